The molecule has 0 atom stereocenters. The second-order valence-corrected chi connectivity index (χ2v) is 9.65. The lowest BCUT2D eigenvalue weighted by Gasteiger charge is -2.30. The van der Waals surface area contributed by atoms with Crippen LogP contribution in [-0.4, -0.2) is 47.3 Å². The molecule has 188 valence electrons. The predicted molar refractivity (Wildman–Crippen MR) is 145 cm³/mol. The van der Waals surface area contributed by atoms with Crippen LogP contribution < -0.4 is 20.0 Å². The number of hydrazone groups is 1. The molecular formula is C27H32ClN7O. The third-order valence-corrected chi connectivity index (χ3v) is 6.72. The van der Waals surface area contributed by atoms with E-state index in [9.17, 15) is 0 Å². The van der Waals surface area contributed by atoms with E-state index in [2.05, 4.69) is 30.3 Å². The minimum Gasteiger partial charge on any atom is -0.489 e. The van der Waals surface area contributed by atoms with E-state index >= 15 is 0 Å². The van der Waals surface area contributed by atoms with E-state index < -0.39 is 0 Å². The zero-order valence-electron chi connectivity index (χ0n) is 20.4. The summed E-state index contributed by atoms with van der Waals surface area (Å²) >= 11 is 5.94. The van der Waals surface area contributed by atoms with Crippen LogP contribution in [0.3, 0.4) is 0 Å². The topological polar surface area (TPSA) is 78.8 Å². The van der Waals surface area contributed by atoms with Crippen LogP contribution in [0.15, 0.2) is 53.6 Å². The molecular weight excluding hydrogens is 474 g/mol. The van der Waals surface area contributed by atoms with E-state index in [1.807, 2.05) is 48.5 Å². The normalized spacial score (nSPS) is 16.4. The SMILES string of the molecule is Clc1ccc(COc2ccc(C=NNc3nc(N4CCCCC4)nc(N4CCCCC4)n3)cc2)cc1. The Morgan fingerprint density at radius 1 is 0.778 bits per heavy atom. The number of hydrogen-bond acceptors (Lipinski definition) is 8. The number of ether oxygens (including phenoxy) is 1. The Kier molecular flexibility index (Phi) is 8.13. The summed E-state index contributed by atoms with van der Waals surface area (Å²) in [7, 11) is 0. The van der Waals surface area contributed by atoms with Crippen molar-refractivity contribution in [2.75, 3.05) is 41.4 Å². The van der Waals surface area contributed by atoms with Gasteiger partial charge in [0, 0.05) is 31.2 Å². The van der Waals surface area contributed by atoms with E-state index in [1.54, 1.807) is 6.21 Å². The second kappa shape index (κ2) is 12.0. The van der Waals surface area contributed by atoms with Crippen molar-refractivity contribution in [2.24, 2.45) is 5.10 Å². The van der Waals surface area contributed by atoms with Gasteiger partial charge < -0.3 is 14.5 Å². The minimum atomic E-state index is 0.477. The molecule has 0 saturated carbocycles. The summed E-state index contributed by atoms with van der Waals surface area (Å²) in [5.74, 6) is 2.76. The van der Waals surface area contributed by atoms with Gasteiger partial charge in [-0.25, -0.2) is 5.43 Å². The zero-order valence-corrected chi connectivity index (χ0v) is 21.2. The molecule has 0 unspecified atom stereocenters. The maximum absolute atomic E-state index is 5.94. The molecule has 5 rings (SSSR count). The van der Waals surface area contributed by atoms with Crippen LogP contribution in [-0.2, 0) is 6.61 Å². The fourth-order valence-electron chi connectivity index (χ4n) is 4.44. The lowest BCUT2D eigenvalue weighted by molar-refractivity contribution is 0.306. The Morgan fingerprint density at radius 3 is 1.94 bits per heavy atom. The number of nitrogens with one attached hydrogen (secondary N) is 1. The van der Waals surface area contributed by atoms with Crippen molar-refractivity contribution < 1.29 is 4.74 Å². The fourth-order valence-corrected chi connectivity index (χ4v) is 4.56. The van der Waals surface area contributed by atoms with E-state index in [0.717, 1.165) is 60.0 Å². The van der Waals surface area contributed by atoms with E-state index in [1.165, 1.54) is 38.5 Å². The first-order chi connectivity index (χ1) is 17.7. The Morgan fingerprint density at radius 2 is 1.36 bits per heavy atom. The number of benzene rings is 2. The predicted octanol–water partition coefficient (Wildman–Crippen LogP) is 5.53. The van der Waals surface area contributed by atoms with Gasteiger partial charge in [-0.3, -0.25) is 0 Å². The van der Waals surface area contributed by atoms with Crippen molar-refractivity contribution in [2.45, 2.75) is 45.1 Å². The summed E-state index contributed by atoms with van der Waals surface area (Å²) in [5, 5.41) is 5.12. The molecule has 2 fully saturated rings. The Balaban J connectivity index is 1.23. The molecule has 0 bridgehead atoms. The van der Waals surface area contributed by atoms with Crippen LogP contribution in [0.25, 0.3) is 0 Å². The molecule has 9 heteroatoms. The highest BCUT2D eigenvalue weighted by Crippen LogP contribution is 2.22. The largest absolute Gasteiger partial charge is 0.489 e. The van der Waals surface area contributed by atoms with E-state index in [-0.39, 0.29) is 0 Å². The Bertz CT molecular complexity index is 1110. The lowest BCUT2D eigenvalue weighted by Crippen LogP contribution is -2.34. The average Bonchev–Trinajstić information content (AvgIpc) is 2.94. The van der Waals surface area contributed by atoms with Crippen LogP contribution in [0, 0.1) is 0 Å². The van der Waals surface area contributed by atoms with E-state index in [4.69, 9.17) is 21.3 Å². The molecule has 2 saturated heterocycles. The van der Waals surface area contributed by atoms with Gasteiger partial charge in [0.1, 0.15) is 12.4 Å². The Hall–Kier alpha value is -3.39. The highest BCUT2D eigenvalue weighted by atomic mass is 35.5. The van der Waals surface area contributed by atoms with Gasteiger partial charge in [0.25, 0.3) is 0 Å². The van der Waals surface area contributed by atoms with Crippen molar-refractivity contribution in [1.82, 2.24) is 15.0 Å². The smallest absolute Gasteiger partial charge is 0.250 e. The van der Waals surface area contributed by atoms with Gasteiger partial charge in [-0.1, -0.05) is 23.7 Å². The van der Waals surface area contributed by atoms with Crippen LogP contribution in [0.1, 0.15) is 49.7 Å². The Labute approximate surface area is 217 Å². The number of anilines is 3. The van der Waals surface area contributed by atoms with Crippen LogP contribution in [0.4, 0.5) is 17.8 Å². The summed E-state index contributed by atoms with van der Waals surface area (Å²) in [4.78, 5) is 18.7. The third kappa shape index (κ3) is 6.63. The summed E-state index contributed by atoms with van der Waals surface area (Å²) in [6.07, 6.45) is 8.97. The highest BCUT2D eigenvalue weighted by molar-refractivity contribution is 6.30. The van der Waals surface area contributed by atoms with Crippen LogP contribution in [0.2, 0.25) is 5.02 Å². The second-order valence-electron chi connectivity index (χ2n) is 9.21. The number of aromatic nitrogens is 3. The number of rotatable bonds is 8. The molecule has 1 aromatic heterocycles. The van der Waals surface area contributed by atoms with E-state index in [0.29, 0.717) is 12.6 Å². The van der Waals surface area contributed by atoms with Crippen molar-refractivity contribution >= 4 is 35.7 Å². The lowest BCUT2D eigenvalue weighted by atomic mass is 10.1. The molecule has 1 N–H and O–H groups in total. The van der Waals surface area contributed by atoms with Crippen molar-refractivity contribution in [3.8, 4) is 5.75 Å². The molecule has 8 nitrogen and oxygen atoms in total. The standard InChI is InChI=1S/C27H32ClN7O/c28-23-11-7-22(8-12-23)20-36-24-13-9-21(10-14-24)19-29-33-25-30-26(34-15-3-1-4-16-34)32-27(31-25)35-17-5-2-6-18-35/h7-14,19H,1-6,15-18,20H2,(H,30,31,32,33). The average molecular weight is 506 g/mol. The molecule has 0 spiro atoms. The van der Waals surface area contributed by atoms with Gasteiger partial charge in [0.2, 0.25) is 17.8 Å². The molecule has 36 heavy (non-hydrogen) atoms. The maximum Gasteiger partial charge on any atom is 0.250 e. The van der Waals surface area contributed by atoms with Crippen LogP contribution in [0.5, 0.6) is 5.75 Å². The fraction of sp³-hybridized carbons (Fsp3) is 0.407. The first-order valence-corrected chi connectivity index (χ1v) is 13.1. The zero-order chi connectivity index (χ0) is 24.6. The minimum absolute atomic E-state index is 0.477. The number of halogens is 1. The van der Waals surface area contributed by atoms with Gasteiger partial charge in [-0.15, -0.1) is 0 Å². The first kappa shape index (κ1) is 24.3. The first-order valence-electron chi connectivity index (χ1n) is 12.8. The maximum atomic E-state index is 5.94. The third-order valence-electron chi connectivity index (χ3n) is 6.47. The summed E-state index contributed by atoms with van der Waals surface area (Å²) in [6.45, 7) is 4.43. The molecule has 2 aromatic carbocycles. The van der Waals surface area contributed by atoms with Gasteiger partial charge >= 0.3 is 0 Å². The van der Waals surface area contributed by atoms with Crippen LogP contribution >= 0.6 is 11.6 Å². The van der Waals surface area contributed by atoms with Gasteiger partial charge in [0.05, 0.1) is 6.21 Å². The molecule has 3 aromatic rings. The molecule has 2 aliphatic heterocycles. The molecule has 0 radical (unpaired) electrons. The highest BCUT2D eigenvalue weighted by Gasteiger charge is 2.20. The summed E-state index contributed by atoms with van der Waals surface area (Å²) in [6, 6.07) is 15.5. The van der Waals surface area contributed by atoms with Crippen molar-refractivity contribution in [3.05, 3.63) is 64.7 Å². The number of nitrogens with zero attached hydrogens (tertiary/aromatic N) is 6. The monoisotopic (exact) mass is 505 g/mol. The van der Waals surface area contributed by atoms with Gasteiger partial charge in [-0.2, -0.15) is 20.1 Å². The van der Waals surface area contributed by atoms with Gasteiger partial charge in [0.15, 0.2) is 0 Å². The summed E-state index contributed by atoms with van der Waals surface area (Å²) < 4.78 is 5.86. The molecule has 2 aliphatic rings. The molecule has 0 amide bonds. The quantitative estimate of drug-likeness (QED) is 0.318. The molecule has 3 heterocycles. The van der Waals surface area contributed by atoms with Crippen molar-refractivity contribution in [3.63, 3.8) is 0 Å². The number of hydrogen-bond donors (Lipinski definition) is 1. The van der Waals surface area contributed by atoms with Crippen molar-refractivity contribution in [1.29, 1.82) is 0 Å². The van der Waals surface area contributed by atoms with Gasteiger partial charge in [-0.05, 0) is 86.1 Å². The molecule has 0 aliphatic carbocycles. The summed E-state index contributed by atoms with van der Waals surface area (Å²) in [5.41, 5.74) is 5.05. The number of piperidine rings is 2.